The minimum Gasteiger partial charge on any atom is -0.475 e. The van der Waals surface area contributed by atoms with Gasteiger partial charge in [-0.15, -0.1) is 0 Å². The van der Waals surface area contributed by atoms with E-state index in [1.54, 1.807) is 6.92 Å². The van der Waals surface area contributed by atoms with Gasteiger partial charge in [-0.2, -0.15) is 0 Å². The Morgan fingerprint density at radius 3 is 2.22 bits per heavy atom. The van der Waals surface area contributed by atoms with Crippen LogP contribution < -0.4 is 5.73 Å². The lowest BCUT2D eigenvalue weighted by atomic mass is 9.97. The SMILES string of the molecule is Cc1oc(C(=O)O)cc1C(N)c1ccc(-c2ccccc2)cc1. The van der Waals surface area contributed by atoms with E-state index >= 15 is 0 Å². The zero-order valence-electron chi connectivity index (χ0n) is 12.7. The van der Waals surface area contributed by atoms with E-state index in [9.17, 15) is 4.79 Å². The van der Waals surface area contributed by atoms with Gasteiger partial charge in [-0.05, 0) is 29.7 Å². The topological polar surface area (TPSA) is 76.5 Å². The molecule has 3 aromatic rings. The zero-order chi connectivity index (χ0) is 16.4. The Bertz CT molecular complexity index is 820. The molecule has 3 N–H and O–H groups in total. The predicted octanol–water partition coefficient (Wildman–Crippen LogP) is 4.00. The van der Waals surface area contributed by atoms with Crippen LogP contribution in [0.3, 0.4) is 0 Å². The van der Waals surface area contributed by atoms with Crippen molar-refractivity contribution < 1.29 is 14.3 Å². The summed E-state index contributed by atoms with van der Waals surface area (Å²) in [5.41, 5.74) is 10.1. The van der Waals surface area contributed by atoms with Gasteiger partial charge in [-0.1, -0.05) is 54.6 Å². The zero-order valence-corrected chi connectivity index (χ0v) is 12.7. The van der Waals surface area contributed by atoms with Crippen LogP contribution in [0.5, 0.6) is 0 Å². The Kier molecular flexibility index (Phi) is 4.00. The number of rotatable bonds is 4. The molecule has 1 unspecified atom stereocenters. The lowest BCUT2D eigenvalue weighted by Crippen LogP contribution is -2.12. The summed E-state index contributed by atoms with van der Waals surface area (Å²) < 4.78 is 5.23. The minimum atomic E-state index is -1.09. The van der Waals surface area contributed by atoms with Crippen molar-refractivity contribution in [3.63, 3.8) is 0 Å². The van der Waals surface area contributed by atoms with Crippen molar-refractivity contribution in [2.24, 2.45) is 5.73 Å². The first-order valence-electron chi connectivity index (χ1n) is 7.31. The number of aromatic carboxylic acids is 1. The van der Waals surface area contributed by atoms with Gasteiger partial charge < -0.3 is 15.3 Å². The molecule has 1 aromatic heterocycles. The maximum Gasteiger partial charge on any atom is 0.371 e. The Morgan fingerprint density at radius 1 is 1.04 bits per heavy atom. The van der Waals surface area contributed by atoms with Crippen molar-refractivity contribution in [3.8, 4) is 11.1 Å². The van der Waals surface area contributed by atoms with Gasteiger partial charge in [-0.3, -0.25) is 0 Å². The first-order valence-corrected chi connectivity index (χ1v) is 7.31. The van der Waals surface area contributed by atoms with E-state index in [1.807, 2.05) is 54.6 Å². The Morgan fingerprint density at radius 2 is 1.65 bits per heavy atom. The molecule has 0 saturated heterocycles. The quantitative estimate of drug-likeness (QED) is 0.763. The normalized spacial score (nSPS) is 12.1. The number of aryl methyl sites for hydroxylation is 1. The van der Waals surface area contributed by atoms with E-state index < -0.39 is 12.0 Å². The molecule has 0 fully saturated rings. The Hall–Kier alpha value is -2.85. The molecule has 4 nitrogen and oxygen atoms in total. The van der Waals surface area contributed by atoms with Crippen LogP contribution in [0, 0.1) is 6.92 Å². The highest BCUT2D eigenvalue weighted by Crippen LogP contribution is 2.27. The molecular weight excluding hydrogens is 290 g/mol. The summed E-state index contributed by atoms with van der Waals surface area (Å²) in [5, 5.41) is 9.00. The number of carboxylic acids is 1. The number of carbonyl (C=O) groups is 1. The Labute approximate surface area is 134 Å². The molecule has 0 aliphatic heterocycles. The molecule has 1 atom stereocenters. The Balaban J connectivity index is 1.89. The van der Waals surface area contributed by atoms with E-state index in [2.05, 4.69) is 0 Å². The third-order valence-corrected chi connectivity index (χ3v) is 3.88. The molecular formula is C19H17NO3. The van der Waals surface area contributed by atoms with E-state index in [-0.39, 0.29) is 5.76 Å². The van der Waals surface area contributed by atoms with Crippen LogP contribution in [-0.4, -0.2) is 11.1 Å². The van der Waals surface area contributed by atoms with Gasteiger partial charge in [0, 0.05) is 5.56 Å². The largest absolute Gasteiger partial charge is 0.475 e. The molecule has 23 heavy (non-hydrogen) atoms. The number of hydrogen-bond acceptors (Lipinski definition) is 3. The van der Waals surface area contributed by atoms with Crippen LogP contribution >= 0.6 is 0 Å². The highest BCUT2D eigenvalue weighted by atomic mass is 16.4. The fourth-order valence-electron chi connectivity index (χ4n) is 2.60. The van der Waals surface area contributed by atoms with Crippen LogP contribution in [0.25, 0.3) is 11.1 Å². The highest BCUT2D eigenvalue weighted by molar-refractivity contribution is 5.84. The van der Waals surface area contributed by atoms with Crippen LogP contribution in [0.4, 0.5) is 0 Å². The van der Waals surface area contributed by atoms with Crippen LogP contribution in [0.15, 0.2) is 65.1 Å². The van der Waals surface area contributed by atoms with E-state index in [0.29, 0.717) is 11.3 Å². The molecule has 2 aromatic carbocycles. The molecule has 1 heterocycles. The van der Waals surface area contributed by atoms with E-state index in [1.165, 1.54) is 6.07 Å². The molecule has 0 spiro atoms. The lowest BCUT2D eigenvalue weighted by Gasteiger charge is -2.12. The maximum absolute atomic E-state index is 11.0. The third kappa shape index (κ3) is 3.03. The van der Waals surface area contributed by atoms with Gasteiger partial charge in [0.15, 0.2) is 0 Å². The van der Waals surface area contributed by atoms with Crippen molar-refractivity contribution in [2.45, 2.75) is 13.0 Å². The highest BCUT2D eigenvalue weighted by Gasteiger charge is 2.19. The van der Waals surface area contributed by atoms with Crippen molar-refractivity contribution in [2.75, 3.05) is 0 Å². The van der Waals surface area contributed by atoms with Crippen LogP contribution in [0.2, 0.25) is 0 Å². The summed E-state index contributed by atoms with van der Waals surface area (Å²) in [6.45, 7) is 1.72. The molecule has 0 saturated carbocycles. The van der Waals surface area contributed by atoms with Gasteiger partial charge in [0.1, 0.15) is 5.76 Å². The van der Waals surface area contributed by atoms with Crippen molar-refractivity contribution in [3.05, 3.63) is 83.3 Å². The molecule has 0 amide bonds. The molecule has 116 valence electrons. The predicted molar refractivity (Wildman–Crippen MR) is 88.3 cm³/mol. The lowest BCUT2D eigenvalue weighted by molar-refractivity contribution is 0.0661. The summed E-state index contributed by atoms with van der Waals surface area (Å²) in [6, 6.07) is 19.1. The number of furan rings is 1. The average Bonchev–Trinajstić information content (AvgIpc) is 2.97. The standard InChI is InChI=1S/C19H17NO3/c1-12-16(11-17(23-12)19(21)22)18(20)15-9-7-14(8-10-15)13-5-3-2-4-6-13/h2-11,18H,20H2,1H3,(H,21,22). The summed E-state index contributed by atoms with van der Waals surface area (Å²) in [6.07, 6.45) is 0. The van der Waals surface area contributed by atoms with Gasteiger partial charge in [0.25, 0.3) is 0 Å². The summed E-state index contributed by atoms with van der Waals surface area (Å²) in [4.78, 5) is 11.0. The maximum atomic E-state index is 11.0. The molecule has 0 radical (unpaired) electrons. The van der Waals surface area contributed by atoms with Crippen LogP contribution in [0.1, 0.15) is 33.5 Å². The van der Waals surface area contributed by atoms with Gasteiger partial charge in [0.2, 0.25) is 5.76 Å². The first-order chi connectivity index (χ1) is 11.1. The number of benzene rings is 2. The van der Waals surface area contributed by atoms with Crippen LogP contribution in [-0.2, 0) is 0 Å². The second-order valence-corrected chi connectivity index (χ2v) is 5.39. The minimum absolute atomic E-state index is 0.0890. The fraction of sp³-hybridized carbons (Fsp3) is 0.105. The monoisotopic (exact) mass is 307 g/mol. The van der Waals surface area contributed by atoms with Crippen molar-refractivity contribution >= 4 is 5.97 Å². The molecule has 3 rings (SSSR count). The average molecular weight is 307 g/mol. The fourth-order valence-corrected chi connectivity index (χ4v) is 2.60. The summed E-state index contributed by atoms with van der Waals surface area (Å²) in [7, 11) is 0. The van der Waals surface area contributed by atoms with Gasteiger partial charge in [-0.25, -0.2) is 4.79 Å². The second kappa shape index (κ2) is 6.10. The summed E-state index contributed by atoms with van der Waals surface area (Å²) in [5.74, 6) is -0.651. The smallest absolute Gasteiger partial charge is 0.371 e. The van der Waals surface area contributed by atoms with E-state index in [0.717, 1.165) is 16.7 Å². The first kappa shape index (κ1) is 15.1. The molecule has 0 bridgehead atoms. The van der Waals surface area contributed by atoms with E-state index in [4.69, 9.17) is 15.3 Å². The third-order valence-electron chi connectivity index (χ3n) is 3.88. The van der Waals surface area contributed by atoms with Gasteiger partial charge in [0.05, 0.1) is 6.04 Å². The molecule has 4 heteroatoms. The van der Waals surface area contributed by atoms with Gasteiger partial charge >= 0.3 is 5.97 Å². The number of hydrogen-bond donors (Lipinski definition) is 2. The summed E-state index contributed by atoms with van der Waals surface area (Å²) >= 11 is 0. The number of nitrogens with two attached hydrogens (primary N) is 1. The van der Waals surface area contributed by atoms with Crippen molar-refractivity contribution in [1.82, 2.24) is 0 Å². The number of carboxylic acid groups (broad SMARTS) is 1. The van der Waals surface area contributed by atoms with Crippen molar-refractivity contribution in [1.29, 1.82) is 0 Å². The molecule has 0 aliphatic carbocycles. The molecule has 0 aliphatic rings. The second-order valence-electron chi connectivity index (χ2n) is 5.39.